The molecule has 0 saturated carbocycles. The predicted octanol–water partition coefficient (Wildman–Crippen LogP) is 2.41. The van der Waals surface area contributed by atoms with E-state index in [1.807, 2.05) is 18.5 Å². The standard InChI is InChI=1S/C17H27N3O/c1-17(2)12-15(5-11-21-17)14-19-7-9-20(10-8-19)16-4-3-6-18-13-16/h3-4,6,13,15H,5,7-12,14H2,1-2H3/t15-/m0/s1. The topological polar surface area (TPSA) is 28.6 Å². The molecule has 4 nitrogen and oxygen atoms in total. The lowest BCUT2D eigenvalue weighted by Gasteiger charge is -2.41. The average molecular weight is 289 g/mol. The Hall–Kier alpha value is -1.13. The maximum atomic E-state index is 5.83. The number of hydrogen-bond acceptors (Lipinski definition) is 4. The van der Waals surface area contributed by atoms with Gasteiger partial charge < -0.3 is 9.64 Å². The summed E-state index contributed by atoms with van der Waals surface area (Å²) < 4.78 is 5.83. The summed E-state index contributed by atoms with van der Waals surface area (Å²) >= 11 is 0. The Labute approximate surface area is 128 Å². The molecule has 1 aromatic heterocycles. The number of pyridine rings is 1. The van der Waals surface area contributed by atoms with Crippen molar-refractivity contribution in [3.8, 4) is 0 Å². The van der Waals surface area contributed by atoms with Gasteiger partial charge in [-0.2, -0.15) is 0 Å². The SMILES string of the molecule is CC1(C)C[C@@H](CN2CCN(c3cccnc3)CC2)CCO1. The van der Waals surface area contributed by atoms with Crippen LogP contribution in [0.2, 0.25) is 0 Å². The van der Waals surface area contributed by atoms with Gasteiger partial charge in [0.25, 0.3) is 0 Å². The largest absolute Gasteiger partial charge is 0.376 e. The number of hydrogen-bond donors (Lipinski definition) is 0. The lowest BCUT2D eigenvalue weighted by atomic mass is 9.88. The molecule has 2 aliphatic heterocycles. The molecule has 1 aromatic rings. The number of rotatable bonds is 3. The summed E-state index contributed by atoms with van der Waals surface area (Å²) in [7, 11) is 0. The summed E-state index contributed by atoms with van der Waals surface area (Å²) in [5.74, 6) is 0.790. The number of nitrogens with zero attached hydrogens (tertiary/aromatic N) is 3. The molecular formula is C17H27N3O. The third-order valence-electron chi connectivity index (χ3n) is 4.70. The molecule has 0 spiro atoms. The van der Waals surface area contributed by atoms with E-state index in [2.05, 4.69) is 34.7 Å². The van der Waals surface area contributed by atoms with Crippen molar-refractivity contribution in [2.75, 3.05) is 44.2 Å². The van der Waals surface area contributed by atoms with E-state index >= 15 is 0 Å². The third kappa shape index (κ3) is 3.95. The Morgan fingerprint density at radius 3 is 2.76 bits per heavy atom. The Kier molecular flexibility index (Phi) is 4.45. The summed E-state index contributed by atoms with van der Waals surface area (Å²) in [4.78, 5) is 9.29. The van der Waals surface area contributed by atoms with Crippen LogP contribution in [-0.4, -0.2) is 54.8 Å². The van der Waals surface area contributed by atoms with Crippen LogP contribution < -0.4 is 4.90 Å². The minimum Gasteiger partial charge on any atom is -0.376 e. The molecule has 0 radical (unpaired) electrons. The van der Waals surface area contributed by atoms with Crippen molar-refractivity contribution in [2.24, 2.45) is 5.92 Å². The van der Waals surface area contributed by atoms with Gasteiger partial charge in [-0.25, -0.2) is 0 Å². The van der Waals surface area contributed by atoms with Gasteiger partial charge in [0.2, 0.25) is 0 Å². The zero-order valence-electron chi connectivity index (χ0n) is 13.3. The smallest absolute Gasteiger partial charge is 0.0629 e. The summed E-state index contributed by atoms with van der Waals surface area (Å²) in [5, 5.41) is 0. The summed E-state index contributed by atoms with van der Waals surface area (Å²) in [5.41, 5.74) is 1.32. The molecule has 3 rings (SSSR count). The van der Waals surface area contributed by atoms with Gasteiger partial charge in [-0.15, -0.1) is 0 Å². The van der Waals surface area contributed by atoms with Crippen LogP contribution in [0.3, 0.4) is 0 Å². The van der Waals surface area contributed by atoms with Crippen LogP contribution in [0.5, 0.6) is 0 Å². The molecule has 0 bridgehead atoms. The molecule has 2 saturated heterocycles. The van der Waals surface area contributed by atoms with Crippen LogP contribution in [-0.2, 0) is 4.74 Å². The minimum absolute atomic E-state index is 0.0699. The van der Waals surface area contributed by atoms with Crippen molar-refractivity contribution in [3.63, 3.8) is 0 Å². The van der Waals surface area contributed by atoms with E-state index in [1.165, 1.54) is 25.1 Å². The van der Waals surface area contributed by atoms with Gasteiger partial charge in [0.05, 0.1) is 17.5 Å². The summed E-state index contributed by atoms with van der Waals surface area (Å²) in [6.45, 7) is 11.1. The fraction of sp³-hybridized carbons (Fsp3) is 0.706. The number of aromatic nitrogens is 1. The molecule has 2 fully saturated rings. The molecular weight excluding hydrogens is 262 g/mol. The van der Waals surface area contributed by atoms with Crippen molar-refractivity contribution < 1.29 is 4.74 Å². The monoisotopic (exact) mass is 289 g/mol. The van der Waals surface area contributed by atoms with Crippen molar-refractivity contribution >= 4 is 5.69 Å². The fourth-order valence-electron chi connectivity index (χ4n) is 3.61. The Balaban J connectivity index is 1.48. The number of ether oxygens (including phenoxy) is 1. The van der Waals surface area contributed by atoms with Gasteiger partial charge in [0.15, 0.2) is 0 Å². The van der Waals surface area contributed by atoms with E-state index in [9.17, 15) is 0 Å². The molecule has 116 valence electrons. The van der Waals surface area contributed by atoms with Crippen molar-refractivity contribution in [2.45, 2.75) is 32.3 Å². The van der Waals surface area contributed by atoms with Crippen LogP contribution in [0.15, 0.2) is 24.5 Å². The van der Waals surface area contributed by atoms with E-state index < -0.39 is 0 Å². The van der Waals surface area contributed by atoms with Crippen LogP contribution in [0, 0.1) is 5.92 Å². The third-order valence-corrected chi connectivity index (χ3v) is 4.70. The predicted molar refractivity (Wildman–Crippen MR) is 85.6 cm³/mol. The summed E-state index contributed by atoms with van der Waals surface area (Å²) in [6.07, 6.45) is 6.21. The van der Waals surface area contributed by atoms with Gasteiger partial charge in [-0.1, -0.05) is 0 Å². The highest BCUT2D eigenvalue weighted by atomic mass is 16.5. The molecule has 0 aliphatic carbocycles. The molecule has 0 unspecified atom stereocenters. The van der Waals surface area contributed by atoms with E-state index in [-0.39, 0.29) is 5.60 Å². The molecule has 0 amide bonds. The van der Waals surface area contributed by atoms with Gasteiger partial charge in [0, 0.05) is 45.5 Å². The van der Waals surface area contributed by atoms with Gasteiger partial charge in [0.1, 0.15) is 0 Å². The first-order valence-corrected chi connectivity index (χ1v) is 8.14. The van der Waals surface area contributed by atoms with Crippen molar-refractivity contribution in [1.29, 1.82) is 0 Å². The second kappa shape index (κ2) is 6.32. The van der Waals surface area contributed by atoms with Crippen molar-refractivity contribution in [1.82, 2.24) is 9.88 Å². The first kappa shape index (κ1) is 14.8. The quantitative estimate of drug-likeness (QED) is 0.854. The van der Waals surface area contributed by atoms with E-state index in [4.69, 9.17) is 4.74 Å². The maximum Gasteiger partial charge on any atom is 0.0629 e. The highest BCUT2D eigenvalue weighted by molar-refractivity contribution is 5.43. The molecule has 21 heavy (non-hydrogen) atoms. The number of piperazine rings is 1. The number of anilines is 1. The van der Waals surface area contributed by atoms with Gasteiger partial charge in [-0.05, 0) is 44.7 Å². The highest BCUT2D eigenvalue weighted by Crippen LogP contribution is 2.29. The van der Waals surface area contributed by atoms with Crippen molar-refractivity contribution in [3.05, 3.63) is 24.5 Å². The Morgan fingerprint density at radius 2 is 2.10 bits per heavy atom. The maximum absolute atomic E-state index is 5.83. The lowest BCUT2D eigenvalue weighted by Crippen LogP contribution is -2.49. The molecule has 4 heteroatoms. The zero-order valence-corrected chi connectivity index (χ0v) is 13.3. The second-order valence-corrected chi connectivity index (χ2v) is 6.97. The fourth-order valence-corrected chi connectivity index (χ4v) is 3.61. The highest BCUT2D eigenvalue weighted by Gasteiger charge is 2.30. The first-order valence-electron chi connectivity index (χ1n) is 8.14. The molecule has 1 atom stereocenters. The first-order chi connectivity index (χ1) is 10.1. The van der Waals surface area contributed by atoms with Gasteiger partial charge in [-0.3, -0.25) is 9.88 Å². The van der Waals surface area contributed by atoms with Crippen LogP contribution >= 0.6 is 0 Å². The average Bonchev–Trinajstić information content (AvgIpc) is 2.48. The Morgan fingerprint density at radius 1 is 1.29 bits per heavy atom. The van der Waals surface area contributed by atoms with E-state index in [0.717, 1.165) is 38.7 Å². The lowest BCUT2D eigenvalue weighted by molar-refractivity contribution is -0.0769. The second-order valence-electron chi connectivity index (χ2n) is 6.97. The van der Waals surface area contributed by atoms with Crippen LogP contribution in [0.1, 0.15) is 26.7 Å². The van der Waals surface area contributed by atoms with E-state index in [0.29, 0.717) is 0 Å². The molecule has 3 heterocycles. The van der Waals surface area contributed by atoms with Crippen LogP contribution in [0.4, 0.5) is 5.69 Å². The van der Waals surface area contributed by atoms with Crippen LogP contribution in [0.25, 0.3) is 0 Å². The molecule has 0 N–H and O–H groups in total. The molecule has 2 aliphatic rings. The Bertz CT molecular complexity index is 441. The van der Waals surface area contributed by atoms with E-state index in [1.54, 1.807) is 0 Å². The zero-order chi connectivity index (χ0) is 14.7. The minimum atomic E-state index is 0.0699. The normalized spacial score (nSPS) is 26.8. The molecule has 0 aromatic carbocycles. The summed E-state index contributed by atoms with van der Waals surface area (Å²) in [6, 6.07) is 4.18. The van der Waals surface area contributed by atoms with Gasteiger partial charge >= 0.3 is 0 Å².